The minimum Gasteiger partial charge on any atom is -0.322 e. The molecule has 5 heterocycles. The minimum atomic E-state index is -0.587. The van der Waals surface area contributed by atoms with Crippen LogP contribution in [-0.2, 0) is 16.1 Å². The van der Waals surface area contributed by atoms with Gasteiger partial charge in [0.25, 0.3) is 5.91 Å². The summed E-state index contributed by atoms with van der Waals surface area (Å²) in [5.74, 6) is -0.794. The highest BCUT2D eigenvalue weighted by molar-refractivity contribution is 8.00. The van der Waals surface area contributed by atoms with Crippen LogP contribution in [0.4, 0.5) is 0 Å². The molecule has 3 aliphatic heterocycles. The van der Waals surface area contributed by atoms with Crippen molar-refractivity contribution in [3.63, 3.8) is 0 Å². The normalized spacial score (nSPS) is 20.4. The predicted molar refractivity (Wildman–Crippen MR) is 134 cm³/mol. The van der Waals surface area contributed by atoms with Gasteiger partial charge in [0.2, 0.25) is 11.8 Å². The summed E-state index contributed by atoms with van der Waals surface area (Å²) in [5, 5.41) is 2.79. The van der Waals surface area contributed by atoms with Crippen molar-refractivity contribution in [2.75, 3.05) is 13.1 Å². The SMILES string of the molecule is O=C1CCC(N2Cc3cc(SC4CN(C(c5cccnc5)c5cccnc5)C4)ccc3C2=O)C(=O)N1. The van der Waals surface area contributed by atoms with Crippen molar-refractivity contribution >= 4 is 29.5 Å². The van der Waals surface area contributed by atoms with Gasteiger partial charge in [0.05, 0.1) is 6.04 Å². The summed E-state index contributed by atoms with van der Waals surface area (Å²) in [7, 11) is 0. The van der Waals surface area contributed by atoms with Gasteiger partial charge in [-0.3, -0.25) is 34.6 Å². The van der Waals surface area contributed by atoms with Crippen LogP contribution < -0.4 is 5.32 Å². The summed E-state index contributed by atoms with van der Waals surface area (Å²) in [6.07, 6.45) is 8.05. The molecule has 8 nitrogen and oxygen atoms in total. The van der Waals surface area contributed by atoms with Gasteiger partial charge in [-0.05, 0) is 53.4 Å². The maximum absolute atomic E-state index is 12.9. The molecule has 0 aliphatic carbocycles. The van der Waals surface area contributed by atoms with Crippen molar-refractivity contribution in [3.05, 3.63) is 89.5 Å². The molecule has 182 valence electrons. The highest BCUT2D eigenvalue weighted by atomic mass is 32.2. The number of rotatable bonds is 6. The van der Waals surface area contributed by atoms with Crippen LogP contribution in [0.5, 0.6) is 0 Å². The Hall–Kier alpha value is -3.56. The number of hydrogen-bond donors (Lipinski definition) is 1. The summed E-state index contributed by atoms with van der Waals surface area (Å²) < 4.78 is 0. The lowest BCUT2D eigenvalue weighted by molar-refractivity contribution is -0.136. The van der Waals surface area contributed by atoms with Gasteiger partial charge >= 0.3 is 0 Å². The number of thioether (sulfide) groups is 1. The van der Waals surface area contributed by atoms with Gasteiger partial charge in [-0.1, -0.05) is 12.1 Å². The number of nitrogens with zero attached hydrogens (tertiary/aromatic N) is 4. The first-order valence-corrected chi connectivity index (χ1v) is 12.9. The van der Waals surface area contributed by atoms with Gasteiger partial charge in [-0.25, -0.2) is 0 Å². The Morgan fingerprint density at radius 1 is 0.972 bits per heavy atom. The molecule has 3 amide bonds. The molecule has 3 aliphatic rings. The van der Waals surface area contributed by atoms with Gasteiger partial charge < -0.3 is 4.90 Å². The Kier molecular flexibility index (Phi) is 6.02. The van der Waals surface area contributed by atoms with Gasteiger partial charge in [-0.2, -0.15) is 0 Å². The average Bonchev–Trinajstić information content (AvgIpc) is 3.19. The van der Waals surface area contributed by atoms with Gasteiger partial charge in [0.1, 0.15) is 6.04 Å². The van der Waals surface area contributed by atoms with E-state index in [2.05, 4.69) is 38.4 Å². The van der Waals surface area contributed by atoms with E-state index in [0.29, 0.717) is 23.8 Å². The third-order valence-electron chi connectivity index (χ3n) is 7.04. The molecule has 6 rings (SSSR count). The first kappa shape index (κ1) is 22.9. The number of likely N-dealkylation sites (tertiary alicyclic amines) is 1. The van der Waals surface area contributed by atoms with E-state index in [9.17, 15) is 14.4 Å². The number of fused-ring (bicyclic) bond motifs is 1. The van der Waals surface area contributed by atoms with Crippen molar-refractivity contribution in [1.82, 2.24) is 25.1 Å². The zero-order valence-electron chi connectivity index (χ0n) is 19.5. The van der Waals surface area contributed by atoms with E-state index < -0.39 is 6.04 Å². The fourth-order valence-corrected chi connectivity index (χ4v) is 6.53. The number of nitrogens with one attached hydrogen (secondary N) is 1. The van der Waals surface area contributed by atoms with Crippen molar-refractivity contribution in [2.24, 2.45) is 0 Å². The summed E-state index contributed by atoms with van der Waals surface area (Å²) >= 11 is 1.82. The first-order chi connectivity index (χ1) is 17.6. The van der Waals surface area contributed by atoms with Crippen LogP contribution in [0.25, 0.3) is 0 Å². The molecule has 0 radical (unpaired) electrons. The van der Waals surface area contributed by atoms with E-state index in [-0.39, 0.29) is 30.2 Å². The van der Waals surface area contributed by atoms with Crippen LogP contribution in [-0.4, -0.2) is 61.9 Å². The number of aromatic nitrogens is 2. The number of imide groups is 1. The maximum atomic E-state index is 12.9. The zero-order chi connectivity index (χ0) is 24.6. The molecule has 0 bridgehead atoms. The van der Waals surface area contributed by atoms with E-state index in [1.165, 1.54) is 0 Å². The van der Waals surface area contributed by atoms with Crippen LogP contribution in [0.2, 0.25) is 0 Å². The van der Waals surface area contributed by atoms with E-state index in [1.807, 2.05) is 48.4 Å². The summed E-state index contributed by atoms with van der Waals surface area (Å²) in [6, 6.07) is 13.6. The molecule has 0 spiro atoms. The monoisotopic (exact) mass is 499 g/mol. The second-order valence-corrected chi connectivity index (χ2v) is 10.8. The fraction of sp³-hybridized carbons (Fsp3) is 0.296. The summed E-state index contributed by atoms with van der Waals surface area (Å²) in [5.41, 5.74) is 3.89. The second-order valence-electron chi connectivity index (χ2n) is 9.39. The molecule has 3 aromatic rings. The smallest absolute Gasteiger partial charge is 0.255 e. The number of carbonyl (C=O) groups excluding carboxylic acids is 3. The number of hydrogen-bond acceptors (Lipinski definition) is 7. The molecule has 1 atom stereocenters. The van der Waals surface area contributed by atoms with E-state index in [4.69, 9.17) is 0 Å². The van der Waals surface area contributed by atoms with Crippen LogP contribution in [0.15, 0.2) is 72.1 Å². The van der Waals surface area contributed by atoms with Gasteiger partial charge in [-0.15, -0.1) is 11.8 Å². The quantitative estimate of drug-likeness (QED) is 0.521. The summed E-state index contributed by atoms with van der Waals surface area (Å²) in [6.45, 7) is 2.25. The molecular formula is C27H25N5O3S. The van der Waals surface area contributed by atoms with Crippen molar-refractivity contribution in [1.29, 1.82) is 0 Å². The molecule has 2 saturated heterocycles. The number of piperidine rings is 1. The molecule has 1 unspecified atom stereocenters. The van der Waals surface area contributed by atoms with Crippen molar-refractivity contribution in [2.45, 2.75) is 41.6 Å². The Balaban J connectivity index is 1.12. The predicted octanol–water partition coefficient (Wildman–Crippen LogP) is 2.80. The molecule has 1 aromatic carbocycles. The maximum Gasteiger partial charge on any atom is 0.255 e. The number of benzene rings is 1. The number of amides is 3. The highest BCUT2D eigenvalue weighted by Crippen LogP contribution is 2.39. The Morgan fingerprint density at radius 3 is 2.33 bits per heavy atom. The molecule has 2 aromatic heterocycles. The number of pyridine rings is 2. The zero-order valence-corrected chi connectivity index (χ0v) is 20.4. The second kappa shape index (κ2) is 9.48. The number of carbonyl (C=O) groups is 3. The third-order valence-corrected chi connectivity index (χ3v) is 8.20. The van der Waals surface area contributed by atoms with Gasteiger partial charge in [0, 0.05) is 66.6 Å². The average molecular weight is 500 g/mol. The Bertz CT molecular complexity index is 1270. The summed E-state index contributed by atoms with van der Waals surface area (Å²) in [4.78, 5) is 50.5. The molecule has 2 fully saturated rings. The largest absolute Gasteiger partial charge is 0.322 e. The third kappa shape index (κ3) is 4.29. The molecule has 36 heavy (non-hydrogen) atoms. The van der Waals surface area contributed by atoms with Crippen LogP contribution >= 0.6 is 11.8 Å². The minimum absolute atomic E-state index is 0.115. The lowest BCUT2D eigenvalue weighted by Crippen LogP contribution is -2.52. The van der Waals surface area contributed by atoms with Crippen LogP contribution in [0, 0.1) is 0 Å². The van der Waals surface area contributed by atoms with Crippen molar-refractivity contribution < 1.29 is 14.4 Å². The fourth-order valence-electron chi connectivity index (χ4n) is 5.26. The molecule has 0 saturated carbocycles. The molecule has 9 heteroatoms. The highest BCUT2D eigenvalue weighted by Gasteiger charge is 2.39. The van der Waals surface area contributed by atoms with E-state index in [0.717, 1.165) is 34.7 Å². The topological polar surface area (TPSA) is 95.5 Å². The van der Waals surface area contributed by atoms with Crippen LogP contribution in [0.1, 0.15) is 45.9 Å². The van der Waals surface area contributed by atoms with Gasteiger partial charge in [0.15, 0.2) is 0 Å². The lowest BCUT2D eigenvalue weighted by atomic mass is 9.97. The lowest BCUT2D eigenvalue weighted by Gasteiger charge is -2.44. The molecule has 1 N–H and O–H groups in total. The Morgan fingerprint density at radius 2 is 1.69 bits per heavy atom. The Labute approximate surface area is 213 Å². The molecular weight excluding hydrogens is 474 g/mol. The standard InChI is InChI=1S/C27H25N5O3S/c33-24-8-7-23(26(34)30-24)32-14-19-11-20(5-6-22(19)27(32)35)36-21-15-31(16-21)25(17-3-1-9-28-12-17)18-4-2-10-29-13-18/h1-6,9-13,21,23,25H,7-8,14-16H2,(H,30,33,34). The first-order valence-electron chi connectivity index (χ1n) is 12.0. The van der Waals surface area contributed by atoms with Crippen molar-refractivity contribution in [3.8, 4) is 0 Å². The van der Waals surface area contributed by atoms with E-state index >= 15 is 0 Å². The van der Waals surface area contributed by atoms with Crippen LogP contribution in [0.3, 0.4) is 0 Å². The van der Waals surface area contributed by atoms with E-state index in [1.54, 1.807) is 17.3 Å².